The minimum Gasteiger partial charge on any atom is -0.497 e. The second-order valence-corrected chi connectivity index (χ2v) is 6.92. The zero-order chi connectivity index (χ0) is 18.0. The van der Waals surface area contributed by atoms with E-state index >= 15 is 0 Å². The number of hydrogen-bond donors (Lipinski definition) is 1. The van der Waals surface area contributed by atoms with Gasteiger partial charge in [-0.05, 0) is 37.5 Å². The first kappa shape index (κ1) is 17.9. The third kappa shape index (κ3) is 3.15. The minimum absolute atomic E-state index is 0.0462. The summed E-state index contributed by atoms with van der Waals surface area (Å²) < 4.78 is 15.9. The average molecular weight is 349 g/mol. The van der Waals surface area contributed by atoms with Crippen LogP contribution >= 0.6 is 0 Å². The molecule has 1 saturated carbocycles. The summed E-state index contributed by atoms with van der Waals surface area (Å²) in [5, 5.41) is 11.2. The monoisotopic (exact) mass is 349 g/mol. The van der Waals surface area contributed by atoms with Crippen LogP contribution in [0.4, 0.5) is 4.79 Å². The molecule has 6 heteroatoms. The molecular formula is C19H27NO5. The fourth-order valence-electron chi connectivity index (χ4n) is 4.46. The van der Waals surface area contributed by atoms with Gasteiger partial charge in [-0.2, -0.15) is 0 Å². The van der Waals surface area contributed by atoms with Gasteiger partial charge in [-0.3, -0.25) is 0 Å². The molecule has 1 aliphatic heterocycles. The molecular weight excluding hydrogens is 322 g/mol. The highest BCUT2D eigenvalue weighted by molar-refractivity contribution is 5.69. The molecule has 2 fully saturated rings. The van der Waals surface area contributed by atoms with Crippen molar-refractivity contribution in [2.45, 2.75) is 43.7 Å². The van der Waals surface area contributed by atoms with Crippen LogP contribution in [0.1, 0.15) is 43.7 Å². The van der Waals surface area contributed by atoms with Crippen molar-refractivity contribution in [3.05, 3.63) is 23.8 Å². The summed E-state index contributed by atoms with van der Waals surface area (Å²) in [6.45, 7) is 0.463. The van der Waals surface area contributed by atoms with Crippen LogP contribution in [-0.2, 0) is 4.74 Å². The Morgan fingerprint density at radius 2 is 2.00 bits per heavy atom. The maximum atomic E-state index is 12.4. The highest BCUT2D eigenvalue weighted by Gasteiger charge is 2.51. The topological polar surface area (TPSA) is 68.2 Å². The van der Waals surface area contributed by atoms with Gasteiger partial charge < -0.3 is 24.2 Å². The summed E-state index contributed by atoms with van der Waals surface area (Å²) in [7, 11) is 4.62. The highest BCUT2D eigenvalue weighted by atomic mass is 16.5. The lowest BCUT2D eigenvalue weighted by atomic mass is 9.66. The molecule has 0 aromatic heterocycles. The number of fused-ring (bicyclic) bond motifs is 1. The zero-order valence-electron chi connectivity index (χ0n) is 15.2. The van der Waals surface area contributed by atoms with E-state index in [4.69, 9.17) is 14.2 Å². The average Bonchev–Trinajstić information content (AvgIpc) is 2.65. The molecule has 25 heavy (non-hydrogen) atoms. The van der Waals surface area contributed by atoms with Gasteiger partial charge >= 0.3 is 6.09 Å². The number of hydrogen-bond acceptors (Lipinski definition) is 5. The number of likely N-dealkylation sites (tertiary alicyclic amines) is 1. The summed E-state index contributed by atoms with van der Waals surface area (Å²) >= 11 is 0. The Morgan fingerprint density at radius 3 is 2.68 bits per heavy atom. The predicted molar refractivity (Wildman–Crippen MR) is 92.9 cm³/mol. The van der Waals surface area contributed by atoms with Gasteiger partial charge in [0.2, 0.25) is 0 Å². The molecule has 3 rings (SSSR count). The molecule has 0 unspecified atom stereocenters. The summed E-state index contributed by atoms with van der Waals surface area (Å²) in [4.78, 5) is 14.2. The van der Waals surface area contributed by atoms with Crippen LogP contribution < -0.4 is 9.47 Å². The van der Waals surface area contributed by atoms with Gasteiger partial charge in [0.1, 0.15) is 11.5 Å². The van der Waals surface area contributed by atoms with Gasteiger partial charge in [0.05, 0.1) is 33.0 Å². The van der Waals surface area contributed by atoms with Crippen molar-refractivity contribution in [2.75, 3.05) is 27.9 Å². The third-order valence-electron chi connectivity index (χ3n) is 5.73. The second kappa shape index (κ2) is 7.12. The van der Waals surface area contributed by atoms with Crippen molar-refractivity contribution < 1.29 is 24.1 Å². The van der Waals surface area contributed by atoms with Crippen LogP contribution in [0.2, 0.25) is 0 Å². The van der Waals surface area contributed by atoms with Gasteiger partial charge in [0.15, 0.2) is 0 Å². The van der Waals surface area contributed by atoms with Crippen molar-refractivity contribution in [3.63, 3.8) is 0 Å². The van der Waals surface area contributed by atoms with Crippen LogP contribution in [0.15, 0.2) is 18.2 Å². The highest BCUT2D eigenvalue weighted by Crippen LogP contribution is 2.51. The minimum atomic E-state index is -0.748. The van der Waals surface area contributed by atoms with Crippen molar-refractivity contribution in [1.29, 1.82) is 0 Å². The summed E-state index contributed by atoms with van der Waals surface area (Å²) in [6.07, 6.45) is 3.92. The number of rotatable bonds is 3. The fraction of sp³-hybridized carbons (Fsp3) is 0.632. The predicted octanol–water partition coefficient (Wildman–Crippen LogP) is 3.14. The van der Waals surface area contributed by atoms with Gasteiger partial charge in [0.25, 0.3) is 0 Å². The molecule has 3 atom stereocenters. The van der Waals surface area contributed by atoms with Gasteiger partial charge in [0, 0.05) is 18.0 Å². The molecule has 0 bridgehead atoms. The van der Waals surface area contributed by atoms with E-state index in [1.165, 1.54) is 7.11 Å². The number of amides is 1. The molecule has 6 nitrogen and oxygen atoms in total. The maximum Gasteiger partial charge on any atom is 0.410 e. The lowest BCUT2D eigenvalue weighted by Crippen LogP contribution is -2.56. The first-order valence-corrected chi connectivity index (χ1v) is 8.83. The van der Waals surface area contributed by atoms with E-state index in [9.17, 15) is 9.90 Å². The first-order valence-electron chi connectivity index (χ1n) is 8.83. The Morgan fingerprint density at radius 1 is 1.20 bits per heavy atom. The van der Waals surface area contributed by atoms with Crippen LogP contribution in [0.3, 0.4) is 0 Å². The van der Waals surface area contributed by atoms with Crippen LogP contribution in [0.5, 0.6) is 11.5 Å². The molecule has 1 aromatic carbocycles. The largest absolute Gasteiger partial charge is 0.497 e. The SMILES string of the molecule is COC(=O)N1CC[C@]2(O)CCCC[C@H]2[C@@H]1c1cc(OC)ccc1OC. The maximum absolute atomic E-state index is 12.4. The van der Waals surface area contributed by atoms with Crippen LogP contribution in [0, 0.1) is 5.92 Å². The van der Waals surface area contributed by atoms with E-state index in [0.29, 0.717) is 24.5 Å². The summed E-state index contributed by atoms with van der Waals surface area (Å²) in [5.74, 6) is 1.34. The quantitative estimate of drug-likeness (QED) is 0.908. The van der Waals surface area contributed by atoms with E-state index in [0.717, 1.165) is 31.2 Å². The number of benzene rings is 1. The van der Waals surface area contributed by atoms with Crippen molar-refractivity contribution in [3.8, 4) is 11.5 Å². The number of methoxy groups -OCH3 is 3. The third-order valence-corrected chi connectivity index (χ3v) is 5.73. The van der Waals surface area contributed by atoms with E-state index in [1.54, 1.807) is 19.1 Å². The van der Waals surface area contributed by atoms with E-state index in [-0.39, 0.29) is 18.1 Å². The molecule has 0 spiro atoms. The molecule has 1 N–H and O–H groups in total. The molecule has 1 saturated heterocycles. The lowest BCUT2D eigenvalue weighted by molar-refractivity contribution is -0.118. The number of piperidine rings is 1. The van der Waals surface area contributed by atoms with Crippen molar-refractivity contribution >= 4 is 6.09 Å². The molecule has 1 aliphatic carbocycles. The Kier molecular flexibility index (Phi) is 5.08. The van der Waals surface area contributed by atoms with E-state index in [1.807, 2.05) is 18.2 Å². The first-order chi connectivity index (χ1) is 12.0. The molecule has 1 heterocycles. The van der Waals surface area contributed by atoms with Crippen LogP contribution in [0.25, 0.3) is 0 Å². The molecule has 2 aliphatic rings. The molecule has 0 radical (unpaired) electrons. The second-order valence-electron chi connectivity index (χ2n) is 6.92. The van der Waals surface area contributed by atoms with E-state index in [2.05, 4.69) is 0 Å². The van der Waals surface area contributed by atoms with Gasteiger partial charge in [-0.1, -0.05) is 12.8 Å². The zero-order valence-corrected chi connectivity index (χ0v) is 15.2. The van der Waals surface area contributed by atoms with Gasteiger partial charge in [-0.25, -0.2) is 4.79 Å². The number of ether oxygens (including phenoxy) is 3. The standard InChI is InChI=1S/C19H27NO5/c1-23-13-7-8-16(24-2)14(12-13)17-15-6-4-5-9-19(15,22)10-11-20(17)18(21)25-3/h7-8,12,15,17,22H,4-6,9-11H2,1-3H3/t15-,17-,19+/m0/s1. The Hall–Kier alpha value is -1.95. The Bertz CT molecular complexity index is 634. The number of nitrogens with zero attached hydrogens (tertiary/aromatic N) is 1. The Labute approximate surface area is 148 Å². The number of aliphatic hydroxyl groups is 1. The normalized spacial score (nSPS) is 28.9. The Balaban J connectivity index is 2.10. The fourth-order valence-corrected chi connectivity index (χ4v) is 4.46. The van der Waals surface area contributed by atoms with Crippen molar-refractivity contribution in [2.24, 2.45) is 5.92 Å². The molecule has 1 aromatic rings. The van der Waals surface area contributed by atoms with E-state index < -0.39 is 5.60 Å². The smallest absolute Gasteiger partial charge is 0.410 e. The number of carbonyl (C=O) groups excluding carboxylic acids is 1. The number of carbonyl (C=O) groups is 1. The van der Waals surface area contributed by atoms with Crippen molar-refractivity contribution in [1.82, 2.24) is 4.90 Å². The summed E-state index contributed by atoms with van der Waals surface area (Å²) in [5.41, 5.74) is 0.110. The molecule has 138 valence electrons. The lowest BCUT2D eigenvalue weighted by Gasteiger charge is -2.52. The van der Waals surface area contributed by atoms with Crippen LogP contribution in [-0.4, -0.2) is 49.6 Å². The van der Waals surface area contributed by atoms with Gasteiger partial charge in [-0.15, -0.1) is 0 Å². The molecule has 1 amide bonds. The summed E-state index contributed by atoms with van der Waals surface area (Å²) in [6, 6.07) is 5.29.